The van der Waals surface area contributed by atoms with E-state index in [1.54, 1.807) is 6.07 Å². The van der Waals surface area contributed by atoms with Crippen LogP contribution in [0.4, 0.5) is 4.39 Å². The number of halogens is 3. The number of rotatable bonds is 3. The molecule has 1 saturated carbocycles. The van der Waals surface area contributed by atoms with Crippen molar-refractivity contribution >= 4 is 27.5 Å². The van der Waals surface area contributed by atoms with Gasteiger partial charge in [-0.2, -0.15) is 0 Å². The normalized spacial score (nSPS) is 26.9. The van der Waals surface area contributed by atoms with Crippen molar-refractivity contribution in [2.24, 2.45) is 16.7 Å². The summed E-state index contributed by atoms with van der Waals surface area (Å²) in [6, 6.07) is 5.07. The van der Waals surface area contributed by atoms with Crippen LogP contribution < -0.4 is 0 Å². The molecule has 1 aromatic carbocycles. The molecule has 0 heterocycles. The Hall–Kier alpha value is -0.0800. The van der Waals surface area contributed by atoms with E-state index in [1.165, 1.54) is 31.7 Å². The van der Waals surface area contributed by atoms with Gasteiger partial charge in [0, 0.05) is 10.4 Å². The maximum Gasteiger partial charge on any atom is 0.127 e. The van der Waals surface area contributed by atoms with E-state index in [2.05, 4.69) is 36.7 Å². The Morgan fingerprint density at radius 3 is 2.38 bits per heavy atom. The number of alkyl halides is 1. The second-order valence-corrected chi connectivity index (χ2v) is 8.68. The molecule has 1 fully saturated rings. The molecule has 1 aliphatic carbocycles. The van der Waals surface area contributed by atoms with Crippen LogP contribution in [0.1, 0.15) is 52.0 Å². The minimum Gasteiger partial charge on any atom is -0.207 e. The van der Waals surface area contributed by atoms with Gasteiger partial charge in [0.05, 0.1) is 0 Å². The van der Waals surface area contributed by atoms with Crippen molar-refractivity contribution in [3.05, 3.63) is 34.6 Å². The van der Waals surface area contributed by atoms with Gasteiger partial charge in [-0.1, -0.05) is 54.4 Å². The fraction of sp³-hybridized carbons (Fsp3) is 0.667. The summed E-state index contributed by atoms with van der Waals surface area (Å²) >= 11 is 9.53. The molecule has 2 rings (SSSR count). The van der Waals surface area contributed by atoms with Gasteiger partial charge >= 0.3 is 0 Å². The fourth-order valence-corrected chi connectivity index (χ4v) is 4.44. The Morgan fingerprint density at radius 2 is 1.90 bits per heavy atom. The van der Waals surface area contributed by atoms with E-state index < -0.39 is 0 Å². The quantitative estimate of drug-likeness (QED) is 0.519. The molecule has 118 valence electrons. The predicted octanol–water partition coefficient (Wildman–Crippen LogP) is 6.64. The molecule has 0 radical (unpaired) electrons. The number of hydrogen-bond acceptors (Lipinski definition) is 0. The van der Waals surface area contributed by atoms with E-state index in [0.717, 1.165) is 23.2 Å². The van der Waals surface area contributed by atoms with Crippen LogP contribution in [0.5, 0.6) is 0 Å². The zero-order chi connectivity index (χ0) is 15.7. The van der Waals surface area contributed by atoms with Crippen molar-refractivity contribution in [2.75, 3.05) is 5.33 Å². The predicted molar refractivity (Wildman–Crippen MR) is 92.8 cm³/mol. The third-order valence-corrected chi connectivity index (χ3v) is 6.56. The Bertz CT molecular complexity index is 484. The van der Waals surface area contributed by atoms with Crippen molar-refractivity contribution in [3.8, 4) is 0 Å². The largest absolute Gasteiger partial charge is 0.207 e. The zero-order valence-corrected chi connectivity index (χ0v) is 15.5. The molecule has 0 nitrogen and oxygen atoms in total. The first kappa shape index (κ1) is 17.3. The van der Waals surface area contributed by atoms with Crippen LogP contribution in [0.3, 0.4) is 0 Å². The highest BCUT2D eigenvalue weighted by molar-refractivity contribution is 9.09. The first-order valence-corrected chi connectivity index (χ1v) is 9.26. The summed E-state index contributed by atoms with van der Waals surface area (Å²) in [6.45, 7) is 6.99. The van der Waals surface area contributed by atoms with Gasteiger partial charge in [-0.3, -0.25) is 0 Å². The molecule has 0 aromatic heterocycles. The maximum atomic E-state index is 14.1. The highest BCUT2D eigenvalue weighted by Gasteiger charge is 2.38. The van der Waals surface area contributed by atoms with Crippen LogP contribution in [0.15, 0.2) is 18.2 Å². The molecule has 0 saturated heterocycles. The van der Waals surface area contributed by atoms with E-state index in [1.807, 2.05) is 6.07 Å². The van der Waals surface area contributed by atoms with Crippen molar-refractivity contribution in [1.29, 1.82) is 0 Å². The lowest BCUT2D eigenvalue weighted by Crippen LogP contribution is -2.35. The van der Waals surface area contributed by atoms with Gasteiger partial charge in [-0.15, -0.1) is 0 Å². The van der Waals surface area contributed by atoms with Crippen LogP contribution in [0.2, 0.25) is 5.02 Å². The molecule has 1 aromatic rings. The summed E-state index contributed by atoms with van der Waals surface area (Å²) in [5, 5.41) is 1.42. The Balaban J connectivity index is 2.10. The topological polar surface area (TPSA) is 0 Å². The van der Waals surface area contributed by atoms with E-state index in [4.69, 9.17) is 11.6 Å². The lowest BCUT2D eigenvalue weighted by Gasteiger charge is -2.43. The molecule has 0 amide bonds. The van der Waals surface area contributed by atoms with Crippen LogP contribution in [0.25, 0.3) is 0 Å². The molecule has 0 aliphatic heterocycles. The van der Waals surface area contributed by atoms with Crippen molar-refractivity contribution in [2.45, 2.75) is 52.9 Å². The van der Waals surface area contributed by atoms with Crippen LogP contribution in [-0.4, -0.2) is 5.33 Å². The van der Waals surface area contributed by atoms with Gasteiger partial charge in [0.25, 0.3) is 0 Å². The summed E-state index contributed by atoms with van der Waals surface area (Å²) in [6.07, 6.45) is 5.62. The first-order chi connectivity index (χ1) is 9.76. The highest BCUT2D eigenvalue weighted by atomic mass is 79.9. The summed E-state index contributed by atoms with van der Waals surface area (Å²) in [4.78, 5) is 0. The second-order valence-electron chi connectivity index (χ2n) is 7.69. The smallest absolute Gasteiger partial charge is 0.127 e. The second kappa shape index (κ2) is 6.58. The third-order valence-electron chi connectivity index (χ3n) is 5.14. The lowest BCUT2D eigenvalue weighted by atomic mass is 9.63. The fourth-order valence-electron chi connectivity index (χ4n) is 3.52. The molecule has 3 heteroatoms. The van der Waals surface area contributed by atoms with E-state index in [9.17, 15) is 4.39 Å². The molecule has 0 unspecified atom stereocenters. The molecule has 0 bridgehead atoms. The molecule has 1 aliphatic rings. The molecular weight excluding hydrogens is 351 g/mol. The zero-order valence-electron chi connectivity index (χ0n) is 13.2. The Kier molecular flexibility index (Phi) is 5.41. The van der Waals surface area contributed by atoms with Gasteiger partial charge in [-0.05, 0) is 66.5 Å². The third kappa shape index (κ3) is 4.22. The van der Waals surface area contributed by atoms with Gasteiger partial charge in [0.15, 0.2) is 0 Å². The van der Waals surface area contributed by atoms with Crippen LogP contribution in [-0.2, 0) is 6.42 Å². The van der Waals surface area contributed by atoms with Crippen LogP contribution in [0, 0.1) is 22.6 Å². The summed E-state index contributed by atoms with van der Waals surface area (Å²) in [7, 11) is 0. The van der Waals surface area contributed by atoms with E-state index >= 15 is 0 Å². The molecule has 21 heavy (non-hydrogen) atoms. The Labute approximate surface area is 141 Å². The van der Waals surface area contributed by atoms with Gasteiger partial charge in [0.2, 0.25) is 0 Å². The molecule has 0 atom stereocenters. The minimum absolute atomic E-state index is 0.166. The first-order valence-electron chi connectivity index (χ1n) is 7.76. The van der Waals surface area contributed by atoms with Crippen molar-refractivity contribution in [3.63, 3.8) is 0 Å². The van der Waals surface area contributed by atoms with Gasteiger partial charge < -0.3 is 0 Å². The number of benzene rings is 1. The van der Waals surface area contributed by atoms with E-state index in [0.29, 0.717) is 10.4 Å². The van der Waals surface area contributed by atoms with Crippen molar-refractivity contribution in [1.82, 2.24) is 0 Å². The summed E-state index contributed by atoms with van der Waals surface area (Å²) in [5.74, 6) is 0.612. The Morgan fingerprint density at radius 1 is 1.29 bits per heavy atom. The van der Waals surface area contributed by atoms with Gasteiger partial charge in [-0.25, -0.2) is 4.39 Å². The maximum absolute atomic E-state index is 14.1. The summed E-state index contributed by atoms with van der Waals surface area (Å²) in [5.41, 5.74) is 1.37. The average molecular weight is 376 g/mol. The monoisotopic (exact) mass is 374 g/mol. The SMILES string of the molecule is CC(C)(C)C1CCC(CBr)(Cc2ccc(Cl)cc2F)CC1. The average Bonchev–Trinajstić information content (AvgIpc) is 2.41. The standard InChI is InChI=1S/C18H25BrClF/c1-17(2,3)14-6-8-18(12-19,9-7-14)11-13-4-5-15(20)10-16(13)21/h4-5,10,14H,6-9,11-12H2,1-3H3. The molecular formula is C18H25BrClF. The van der Waals surface area contributed by atoms with Crippen molar-refractivity contribution < 1.29 is 4.39 Å². The summed E-state index contributed by atoms with van der Waals surface area (Å²) < 4.78 is 14.1. The lowest BCUT2D eigenvalue weighted by molar-refractivity contribution is 0.103. The molecule has 0 spiro atoms. The van der Waals surface area contributed by atoms with E-state index in [-0.39, 0.29) is 11.2 Å². The van der Waals surface area contributed by atoms with Gasteiger partial charge in [0.1, 0.15) is 5.82 Å². The molecule has 0 N–H and O–H groups in total. The number of hydrogen-bond donors (Lipinski definition) is 0. The highest BCUT2D eigenvalue weighted by Crippen LogP contribution is 2.47. The van der Waals surface area contributed by atoms with Crippen LogP contribution >= 0.6 is 27.5 Å². The minimum atomic E-state index is -0.166.